The zero-order valence-corrected chi connectivity index (χ0v) is 19.1. The summed E-state index contributed by atoms with van der Waals surface area (Å²) in [6, 6.07) is 9.21. The van der Waals surface area contributed by atoms with Crippen molar-refractivity contribution in [3.8, 4) is 5.75 Å². The zero-order chi connectivity index (χ0) is 22.1. The van der Waals surface area contributed by atoms with Gasteiger partial charge in [0.15, 0.2) is 0 Å². The molecule has 1 heterocycles. The van der Waals surface area contributed by atoms with Crippen LogP contribution in [0.3, 0.4) is 0 Å². The maximum Gasteiger partial charge on any atom is 0.242 e. The Balaban J connectivity index is 1.86. The molecular weight excluding hydrogens is 422 g/mol. The fraction of sp³-hybridized carbons (Fsp3) is 0.333. The van der Waals surface area contributed by atoms with Crippen LogP contribution in [0.1, 0.15) is 24.4 Å². The van der Waals surface area contributed by atoms with E-state index in [9.17, 15) is 13.2 Å². The largest absolute Gasteiger partial charge is 0.495 e. The van der Waals surface area contributed by atoms with Crippen molar-refractivity contribution in [2.75, 3.05) is 12.4 Å². The molecule has 1 aromatic heterocycles. The van der Waals surface area contributed by atoms with E-state index in [1.165, 1.54) is 24.5 Å². The number of carbonyl (C=O) groups excluding carboxylic acids is 1. The molecule has 2 N–H and O–H groups in total. The van der Waals surface area contributed by atoms with Gasteiger partial charge in [0.25, 0.3) is 0 Å². The van der Waals surface area contributed by atoms with Crippen molar-refractivity contribution in [2.24, 2.45) is 5.92 Å². The summed E-state index contributed by atoms with van der Waals surface area (Å²) in [5.41, 5.74) is 2.19. The van der Waals surface area contributed by atoms with Gasteiger partial charge >= 0.3 is 0 Å². The number of thiazole rings is 1. The minimum atomic E-state index is -3.91. The summed E-state index contributed by atoms with van der Waals surface area (Å²) in [6.45, 7) is 7.34. The number of amides is 1. The molecule has 160 valence electrons. The molecule has 0 radical (unpaired) electrons. The number of hydrogen-bond acceptors (Lipinski definition) is 6. The summed E-state index contributed by atoms with van der Waals surface area (Å²) < 4.78 is 34.6. The number of rotatable bonds is 7. The number of methoxy groups -OCH3 is 1. The predicted molar refractivity (Wildman–Crippen MR) is 120 cm³/mol. The number of nitrogens with zero attached hydrogens (tertiary/aromatic N) is 1. The van der Waals surface area contributed by atoms with E-state index < -0.39 is 22.0 Å². The normalized spacial score (nSPS) is 12.9. The van der Waals surface area contributed by atoms with Crippen molar-refractivity contribution in [1.29, 1.82) is 0 Å². The number of carbonyl (C=O) groups is 1. The molecule has 0 bridgehead atoms. The Kier molecular flexibility index (Phi) is 6.44. The molecule has 3 aromatic rings. The lowest BCUT2D eigenvalue weighted by Crippen LogP contribution is -2.47. The Morgan fingerprint density at radius 1 is 1.13 bits per heavy atom. The third kappa shape index (κ3) is 4.80. The van der Waals surface area contributed by atoms with E-state index in [1.807, 2.05) is 19.9 Å². The van der Waals surface area contributed by atoms with Gasteiger partial charge in [-0.3, -0.25) is 4.79 Å². The van der Waals surface area contributed by atoms with Crippen molar-refractivity contribution in [3.63, 3.8) is 0 Å². The number of fused-ring (bicyclic) bond motifs is 1. The third-order valence-corrected chi connectivity index (χ3v) is 6.99. The van der Waals surface area contributed by atoms with E-state index in [0.717, 1.165) is 20.8 Å². The second-order valence-corrected chi connectivity index (χ2v) is 10.3. The van der Waals surface area contributed by atoms with Gasteiger partial charge in [0, 0.05) is 0 Å². The fourth-order valence-corrected chi connectivity index (χ4v) is 5.36. The quantitative estimate of drug-likeness (QED) is 0.573. The van der Waals surface area contributed by atoms with Crippen LogP contribution in [0.5, 0.6) is 5.75 Å². The molecule has 0 saturated heterocycles. The minimum Gasteiger partial charge on any atom is -0.495 e. The van der Waals surface area contributed by atoms with Gasteiger partial charge in [0.2, 0.25) is 15.9 Å². The zero-order valence-electron chi connectivity index (χ0n) is 17.5. The average molecular weight is 448 g/mol. The Labute approximate surface area is 180 Å². The number of nitrogens with one attached hydrogen (secondary N) is 2. The van der Waals surface area contributed by atoms with Crippen molar-refractivity contribution in [2.45, 2.75) is 38.6 Å². The molecule has 30 heavy (non-hydrogen) atoms. The van der Waals surface area contributed by atoms with E-state index in [2.05, 4.69) is 15.0 Å². The first kappa shape index (κ1) is 22.2. The van der Waals surface area contributed by atoms with Gasteiger partial charge in [-0.1, -0.05) is 19.9 Å². The molecule has 1 amide bonds. The van der Waals surface area contributed by atoms with Crippen molar-refractivity contribution < 1.29 is 17.9 Å². The van der Waals surface area contributed by atoms with E-state index in [0.29, 0.717) is 11.4 Å². The summed E-state index contributed by atoms with van der Waals surface area (Å²) in [7, 11) is -2.40. The predicted octanol–water partition coefficient (Wildman–Crippen LogP) is 3.86. The molecular formula is C21H25N3O4S2. The second-order valence-electron chi connectivity index (χ2n) is 7.40. The molecule has 7 nitrogen and oxygen atoms in total. The molecule has 0 aliphatic heterocycles. The highest BCUT2D eigenvalue weighted by Gasteiger charge is 2.29. The summed E-state index contributed by atoms with van der Waals surface area (Å²) >= 11 is 1.42. The maximum absolute atomic E-state index is 13.0. The van der Waals surface area contributed by atoms with Crippen LogP contribution in [0.4, 0.5) is 5.69 Å². The van der Waals surface area contributed by atoms with Crippen LogP contribution in [0.2, 0.25) is 0 Å². The number of aryl methyl sites for hydroxylation is 2. The van der Waals surface area contributed by atoms with Crippen molar-refractivity contribution in [1.82, 2.24) is 9.71 Å². The highest BCUT2D eigenvalue weighted by atomic mass is 32.2. The molecule has 0 spiro atoms. The van der Waals surface area contributed by atoms with E-state index in [1.54, 1.807) is 38.1 Å². The van der Waals surface area contributed by atoms with Crippen LogP contribution < -0.4 is 14.8 Å². The van der Waals surface area contributed by atoms with E-state index >= 15 is 0 Å². The first-order chi connectivity index (χ1) is 14.1. The van der Waals surface area contributed by atoms with Crippen LogP contribution >= 0.6 is 11.3 Å². The van der Waals surface area contributed by atoms with Gasteiger partial charge in [0.05, 0.1) is 32.9 Å². The minimum absolute atomic E-state index is 0.102. The number of hydrogen-bond donors (Lipinski definition) is 2. The van der Waals surface area contributed by atoms with Crippen LogP contribution in [0.25, 0.3) is 10.2 Å². The lowest BCUT2D eigenvalue weighted by molar-refractivity contribution is -0.118. The summed E-state index contributed by atoms with van der Waals surface area (Å²) in [6.07, 6.45) is 0. The lowest BCUT2D eigenvalue weighted by Gasteiger charge is -2.22. The summed E-state index contributed by atoms with van der Waals surface area (Å²) in [5.74, 6) is -0.220. The number of anilines is 1. The summed E-state index contributed by atoms with van der Waals surface area (Å²) in [4.78, 5) is 17.4. The molecule has 0 saturated carbocycles. The monoisotopic (exact) mass is 447 g/mol. The number of ether oxygens (including phenoxy) is 1. The van der Waals surface area contributed by atoms with Crippen LogP contribution in [0, 0.1) is 19.8 Å². The number of sulfonamides is 1. The van der Waals surface area contributed by atoms with Crippen LogP contribution in [-0.2, 0) is 14.8 Å². The Hall–Kier alpha value is -2.49. The maximum atomic E-state index is 13.0. The third-order valence-electron chi connectivity index (χ3n) is 4.62. The SMILES string of the molecule is COc1ccc(C)cc1NC(=O)C(NS(=O)(=O)c1ccc2nc(C)sc2c1)C(C)C. The van der Waals surface area contributed by atoms with Gasteiger partial charge in [-0.05, 0) is 55.7 Å². The Bertz CT molecular complexity index is 1190. The molecule has 0 fully saturated rings. The van der Waals surface area contributed by atoms with Gasteiger partial charge in [-0.15, -0.1) is 11.3 Å². The Morgan fingerprint density at radius 2 is 1.87 bits per heavy atom. The summed E-state index contributed by atoms with van der Waals surface area (Å²) in [5, 5.41) is 3.65. The number of aromatic nitrogens is 1. The first-order valence-corrected chi connectivity index (χ1v) is 11.8. The van der Waals surface area contributed by atoms with Crippen LogP contribution in [-0.4, -0.2) is 32.5 Å². The highest BCUT2D eigenvalue weighted by molar-refractivity contribution is 7.89. The van der Waals surface area contributed by atoms with Gasteiger partial charge in [0.1, 0.15) is 11.8 Å². The molecule has 1 atom stereocenters. The second kappa shape index (κ2) is 8.71. The fourth-order valence-electron chi connectivity index (χ4n) is 3.04. The van der Waals surface area contributed by atoms with Crippen molar-refractivity contribution in [3.05, 3.63) is 47.0 Å². The Morgan fingerprint density at radius 3 is 2.53 bits per heavy atom. The number of benzene rings is 2. The first-order valence-electron chi connectivity index (χ1n) is 9.45. The van der Waals surface area contributed by atoms with Gasteiger partial charge < -0.3 is 10.1 Å². The van der Waals surface area contributed by atoms with Crippen LogP contribution in [0.15, 0.2) is 41.3 Å². The molecule has 2 aromatic carbocycles. The van der Waals surface area contributed by atoms with E-state index in [-0.39, 0.29) is 10.8 Å². The molecule has 0 aliphatic carbocycles. The molecule has 0 aliphatic rings. The smallest absolute Gasteiger partial charge is 0.242 e. The van der Waals surface area contributed by atoms with E-state index in [4.69, 9.17) is 4.74 Å². The standard InChI is InChI=1S/C21H25N3O4S2/c1-12(2)20(21(25)23-17-10-13(3)6-9-18(17)28-5)24-30(26,27)15-7-8-16-19(11-15)29-14(4)22-16/h6-12,20,24H,1-5H3,(H,23,25). The average Bonchev–Trinajstić information content (AvgIpc) is 3.05. The lowest BCUT2D eigenvalue weighted by atomic mass is 10.0. The van der Waals surface area contributed by atoms with Gasteiger partial charge in [-0.2, -0.15) is 4.72 Å². The molecule has 1 unspecified atom stereocenters. The highest BCUT2D eigenvalue weighted by Crippen LogP contribution is 2.27. The van der Waals surface area contributed by atoms with Gasteiger partial charge in [-0.25, -0.2) is 13.4 Å². The van der Waals surface area contributed by atoms with Crippen molar-refractivity contribution >= 4 is 43.2 Å². The molecule has 9 heteroatoms. The topological polar surface area (TPSA) is 97.4 Å². The molecule has 3 rings (SSSR count).